The number of hydrogen-bond donors (Lipinski definition) is 4. The van der Waals surface area contributed by atoms with E-state index in [1.165, 1.54) is 19.1 Å². The van der Waals surface area contributed by atoms with E-state index in [9.17, 15) is 38.5 Å². The van der Waals surface area contributed by atoms with Gasteiger partial charge in [0.1, 0.15) is 0 Å². The van der Waals surface area contributed by atoms with Crippen LogP contribution in [0.5, 0.6) is 0 Å². The van der Waals surface area contributed by atoms with Crippen molar-refractivity contribution in [2.75, 3.05) is 75.3 Å². The van der Waals surface area contributed by atoms with Crippen LogP contribution in [-0.4, -0.2) is 150 Å². The first kappa shape index (κ1) is 84.8. The smallest absolute Gasteiger partial charge is 0.304 e. The number of rotatable bonds is 21. The Hall–Kier alpha value is -10.4. The summed E-state index contributed by atoms with van der Waals surface area (Å²) in [5.41, 5.74) is 10.0. The van der Waals surface area contributed by atoms with Gasteiger partial charge in [0.25, 0.3) is 40.1 Å². The number of nitrogens with one attached hydrogen (secondary N) is 4. The third-order valence-electron chi connectivity index (χ3n) is 15.3. The fraction of sp³-hybridized carbons (Fsp3) is 0.195. The molecule has 12 aromatic rings. The van der Waals surface area contributed by atoms with E-state index in [0.717, 1.165) is 55.4 Å². The van der Waals surface area contributed by atoms with Gasteiger partial charge >= 0.3 is 17.7 Å². The number of anilines is 4. The van der Waals surface area contributed by atoms with Gasteiger partial charge in [-0.3, -0.25) is 23.7 Å². The number of carbonyl (C=O) groups excluding carboxylic acids is 3. The number of Topliss-reactive ketones (excluding diaryl/α,β-unsaturated/α-hetero) is 1. The summed E-state index contributed by atoms with van der Waals surface area (Å²) in [5, 5.41) is 3.52. The lowest BCUT2D eigenvalue weighted by Gasteiger charge is -2.13. The van der Waals surface area contributed by atoms with Crippen molar-refractivity contribution in [2.24, 2.45) is 0 Å². The molecule has 0 radical (unpaired) electrons. The summed E-state index contributed by atoms with van der Waals surface area (Å²) in [6.07, 6.45) is 0.250. The molecule has 0 saturated heterocycles. The van der Waals surface area contributed by atoms with Gasteiger partial charge in [0.05, 0.1) is 87.2 Å². The molecule has 0 aliphatic carbocycles. The Balaban J connectivity index is 0.000000196. The highest BCUT2D eigenvalue weighted by atomic mass is 79.9. The minimum atomic E-state index is -3.85. The molecule has 31 heteroatoms. The molecule has 108 heavy (non-hydrogen) atoms. The molecule has 0 amide bonds. The van der Waals surface area contributed by atoms with Gasteiger partial charge in [-0.05, 0) is 191 Å². The van der Waals surface area contributed by atoms with Gasteiger partial charge in [0.15, 0.2) is 5.78 Å². The largest absolute Gasteiger partial charge is 0.373 e. The van der Waals surface area contributed by atoms with Crippen molar-refractivity contribution in [3.05, 3.63) is 262 Å². The number of carbonyl (C=O) groups is 1. The summed E-state index contributed by atoms with van der Waals surface area (Å²) in [7, 11) is 0.838. The van der Waals surface area contributed by atoms with Crippen molar-refractivity contribution in [3.63, 3.8) is 0 Å². The lowest BCUT2D eigenvalue weighted by Crippen LogP contribution is -2.15. The molecule has 4 heterocycles. The molecular formula is C77H81BrN12O13S5. The average Bonchev–Trinajstić information content (AvgIpc) is 0.809. The summed E-state index contributed by atoms with van der Waals surface area (Å²) in [6.45, 7) is 7.85. The standard InChI is InChI=1S/C20H21N3O3S.2C19H21N3O2S.C18H18BrN3O2S.CO2.O2S/c1-14(24)16-7-4-8-18(12-16)27(25,26)22-19-9-5-6-15-10-11-17(13-23(2)3)21-20(15)19;2*1-14-6-4-8-17(12-14)25(23,24)21-18-9-5-7-15-10-11-16(13-22(2)3)20-19(15)18;1-22(2)12-15-10-9-13-5-3-8-17(18(13)20-15)21-25(23,24)16-7-4-6-14(19)11-16;2-1-3;1-3-2/h4-12,22H,13H2,1-3H3;2*4-12,21H,13H2,1-3H3;3-11,21H,12H2,1-2H3;;. The molecule has 4 aromatic heterocycles. The zero-order valence-corrected chi connectivity index (χ0v) is 66.6. The van der Waals surface area contributed by atoms with E-state index in [1.54, 1.807) is 103 Å². The molecular weight excluding hydrogens is 1540 g/mol. The van der Waals surface area contributed by atoms with Gasteiger partial charge in [-0.15, -0.1) is 0 Å². The molecule has 12 rings (SSSR count). The second kappa shape index (κ2) is 38.9. The van der Waals surface area contributed by atoms with Crippen molar-refractivity contribution in [1.29, 1.82) is 0 Å². The van der Waals surface area contributed by atoms with Gasteiger partial charge in [-0.2, -0.15) is 18.0 Å². The molecule has 0 atom stereocenters. The number of pyridine rings is 4. The Labute approximate surface area is 641 Å². The SMILES string of the molecule is CC(=O)c1cccc(S(=O)(=O)Nc2cccc3ccc(CN(C)C)nc23)c1.CN(C)Cc1ccc2cccc(NS(=O)(=O)c3cccc(Br)c3)c2n1.Cc1cccc(S(=O)(=O)Nc2cccc3ccc(CN(C)C)nc23)c1.Cc1cccc(S(=O)(=O)Nc2cccc3ccc(CN(C)C)nc23)c1.O=C=O.O=S=O. The zero-order valence-electron chi connectivity index (χ0n) is 60.9. The van der Waals surface area contributed by atoms with Crippen molar-refractivity contribution in [3.8, 4) is 0 Å². The third kappa shape index (κ3) is 24.8. The number of hydrogen-bond acceptors (Lipinski definition) is 21. The van der Waals surface area contributed by atoms with Crippen molar-refractivity contribution < 1.29 is 56.5 Å². The number of aryl methyl sites for hydroxylation is 2. The molecule has 0 spiro atoms. The van der Waals surface area contributed by atoms with Crippen LogP contribution in [-0.2, 0) is 87.4 Å². The molecule has 0 aliphatic heterocycles. The Bertz CT molecular complexity index is 5340. The van der Waals surface area contributed by atoms with E-state index in [4.69, 9.17) is 18.0 Å². The maximum absolute atomic E-state index is 12.8. The topological polar surface area (TPSA) is 335 Å². The van der Waals surface area contributed by atoms with Crippen LogP contribution in [0.1, 0.15) is 51.2 Å². The summed E-state index contributed by atoms with van der Waals surface area (Å²) >= 11 is 2.55. The first-order chi connectivity index (χ1) is 51.1. The minimum Gasteiger partial charge on any atom is -0.304 e. The van der Waals surface area contributed by atoms with Crippen LogP contribution < -0.4 is 18.9 Å². The molecule has 8 aromatic carbocycles. The van der Waals surface area contributed by atoms with Crippen LogP contribution in [0.2, 0.25) is 0 Å². The average molecular weight is 1620 g/mol. The molecule has 0 bridgehead atoms. The predicted octanol–water partition coefficient (Wildman–Crippen LogP) is 12.7. The molecule has 0 saturated carbocycles. The van der Waals surface area contributed by atoms with Gasteiger partial charge in [0.2, 0.25) is 0 Å². The number of sulfonamides is 4. The van der Waals surface area contributed by atoms with Crippen LogP contribution in [0, 0.1) is 13.8 Å². The van der Waals surface area contributed by atoms with E-state index in [1.807, 2.05) is 193 Å². The van der Waals surface area contributed by atoms with E-state index in [2.05, 4.69) is 54.8 Å². The molecule has 0 unspecified atom stereocenters. The summed E-state index contributed by atoms with van der Waals surface area (Å²) < 4.78 is 130. The zero-order chi connectivity index (χ0) is 79.1. The Morgan fingerprint density at radius 2 is 0.611 bits per heavy atom. The van der Waals surface area contributed by atoms with Crippen LogP contribution in [0.4, 0.5) is 22.7 Å². The van der Waals surface area contributed by atoms with Crippen LogP contribution in [0.15, 0.2) is 242 Å². The summed E-state index contributed by atoms with van der Waals surface area (Å²) in [6, 6.07) is 63.7. The second-order valence-electron chi connectivity index (χ2n) is 25.4. The van der Waals surface area contributed by atoms with Gasteiger partial charge < -0.3 is 19.6 Å². The molecule has 564 valence electrons. The number of ketones is 1. The van der Waals surface area contributed by atoms with Crippen molar-refractivity contribution >= 4 is 146 Å². The van der Waals surface area contributed by atoms with Gasteiger partial charge in [0, 0.05) is 57.8 Å². The number of aromatic nitrogens is 4. The third-order valence-corrected chi connectivity index (χ3v) is 21.2. The fourth-order valence-corrected chi connectivity index (χ4v) is 15.7. The van der Waals surface area contributed by atoms with Crippen LogP contribution in [0.25, 0.3) is 43.6 Å². The summed E-state index contributed by atoms with van der Waals surface area (Å²) in [4.78, 5) is 55.1. The van der Waals surface area contributed by atoms with Gasteiger partial charge in [-0.25, -0.2) is 53.6 Å². The maximum atomic E-state index is 12.8. The molecule has 0 aliphatic rings. The number of benzene rings is 8. The van der Waals surface area contributed by atoms with Crippen molar-refractivity contribution in [1.82, 2.24) is 39.5 Å². The maximum Gasteiger partial charge on any atom is 0.373 e. The second-order valence-corrected chi connectivity index (χ2v) is 33.2. The molecule has 0 fully saturated rings. The van der Waals surface area contributed by atoms with E-state index < -0.39 is 51.7 Å². The minimum absolute atomic E-state index is 0.0386. The quantitative estimate of drug-likeness (QED) is 0.0486. The number of nitrogens with zero attached hydrogens (tertiary/aromatic N) is 8. The molecule has 25 nitrogen and oxygen atoms in total. The lowest BCUT2D eigenvalue weighted by atomic mass is 10.1. The van der Waals surface area contributed by atoms with E-state index in [0.29, 0.717) is 81.0 Å². The number of para-hydroxylation sites is 4. The first-order valence-corrected chi connectivity index (χ1v) is 40.2. The van der Waals surface area contributed by atoms with Crippen LogP contribution in [0.3, 0.4) is 0 Å². The summed E-state index contributed by atoms with van der Waals surface area (Å²) in [5.74, 6) is -0.188. The first-order valence-electron chi connectivity index (χ1n) is 32.8. The highest BCUT2D eigenvalue weighted by Crippen LogP contribution is 2.31. The van der Waals surface area contributed by atoms with E-state index >= 15 is 0 Å². The monoisotopic (exact) mass is 1620 g/mol. The van der Waals surface area contributed by atoms with Crippen LogP contribution >= 0.6 is 15.9 Å². The normalized spacial score (nSPS) is 11.3. The van der Waals surface area contributed by atoms with E-state index in [-0.39, 0.29) is 31.5 Å². The predicted molar refractivity (Wildman–Crippen MR) is 427 cm³/mol. The Kier molecular flexibility index (Phi) is 30.6. The highest BCUT2D eigenvalue weighted by molar-refractivity contribution is 9.10. The Morgan fingerprint density at radius 1 is 0.370 bits per heavy atom. The fourth-order valence-electron chi connectivity index (χ4n) is 10.6. The number of fused-ring (bicyclic) bond motifs is 4. The van der Waals surface area contributed by atoms with Crippen molar-refractivity contribution in [2.45, 2.75) is 66.5 Å². The molecule has 4 N–H and O–H groups in total. The van der Waals surface area contributed by atoms with Gasteiger partial charge in [-0.1, -0.05) is 131 Å². The lowest BCUT2D eigenvalue weighted by molar-refractivity contribution is -0.191. The Morgan fingerprint density at radius 3 is 0.861 bits per heavy atom. The highest BCUT2D eigenvalue weighted by Gasteiger charge is 2.22. The number of halogens is 1.